The molecule has 2 aromatic heterocycles. The Labute approximate surface area is 146 Å². The quantitative estimate of drug-likeness (QED) is 0.650. The predicted molar refractivity (Wildman–Crippen MR) is 92.2 cm³/mol. The summed E-state index contributed by atoms with van der Waals surface area (Å²) in [6, 6.07) is 10.8. The summed E-state index contributed by atoms with van der Waals surface area (Å²) < 4.78 is 11.4. The van der Waals surface area contributed by atoms with Crippen LogP contribution in [0.4, 0.5) is 0 Å². The van der Waals surface area contributed by atoms with Crippen LogP contribution >= 0.6 is 11.3 Å². The van der Waals surface area contributed by atoms with Crippen molar-refractivity contribution in [2.45, 2.75) is 19.5 Å². The fraction of sp³-hybridized carbons (Fsp3) is 0.235. The smallest absolute Gasteiger partial charge is 0.419 e. The molecule has 25 heavy (non-hydrogen) atoms. The van der Waals surface area contributed by atoms with Crippen LogP contribution in [-0.2, 0) is 27.4 Å². The fourth-order valence-electron chi connectivity index (χ4n) is 2.30. The van der Waals surface area contributed by atoms with Crippen molar-refractivity contribution in [2.24, 2.45) is 0 Å². The van der Waals surface area contributed by atoms with Crippen molar-refractivity contribution in [3.8, 4) is 0 Å². The number of benzene rings is 1. The van der Waals surface area contributed by atoms with Gasteiger partial charge >= 0.3 is 11.7 Å². The van der Waals surface area contributed by atoms with Gasteiger partial charge in [0.2, 0.25) is 0 Å². The Morgan fingerprint density at radius 3 is 2.84 bits per heavy atom. The third kappa shape index (κ3) is 4.36. The standard InChI is InChI=1S/C17H16N2O5S/c20-15(18-10-12-4-3-9-25-12)11-23-16(21)7-8-19-13-5-1-2-6-14(13)24-17(19)22/h1-6,9H,7-8,10-11H2,(H,18,20). The van der Waals surface area contributed by atoms with Crippen LogP contribution in [-0.4, -0.2) is 23.1 Å². The van der Waals surface area contributed by atoms with Crippen LogP contribution in [0.3, 0.4) is 0 Å². The van der Waals surface area contributed by atoms with Crippen LogP contribution < -0.4 is 11.1 Å². The molecule has 0 spiro atoms. The first-order valence-corrected chi connectivity index (χ1v) is 8.54. The molecule has 0 saturated heterocycles. The van der Waals surface area contributed by atoms with Crippen molar-refractivity contribution in [2.75, 3.05) is 6.61 Å². The first-order valence-electron chi connectivity index (χ1n) is 7.66. The first-order chi connectivity index (χ1) is 12.1. The topological polar surface area (TPSA) is 90.5 Å². The van der Waals surface area contributed by atoms with Gasteiger partial charge in [-0.1, -0.05) is 18.2 Å². The minimum absolute atomic E-state index is 0.0262. The second-order valence-electron chi connectivity index (χ2n) is 5.25. The largest absolute Gasteiger partial charge is 0.456 e. The number of ether oxygens (including phenoxy) is 1. The van der Waals surface area contributed by atoms with E-state index in [1.54, 1.807) is 24.3 Å². The number of amides is 1. The second-order valence-corrected chi connectivity index (χ2v) is 6.29. The predicted octanol–water partition coefficient (Wildman–Crippen LogP) is 1.91. The molecule has 0 unspecified atom stereocenters. The number of nitrogens with one attached hydrogen (secondary N) is 1. The van der Waals surface area contributed by atoms with Crippen molar-refractivity contribution < 1.29 is 18.7 Å². The molecule has 7 nitrogen and oxygen atoms in total. The van der Waals surface area contributed by atoms with Crippen LogP contribution in [0, 0.1) is 0 Å². The molecule has 130 valence electrons. The van der Waals surface area contributed by atoms with Gasteiger partial charge < -0.3 is 14.5 Å². The van der Waals surface area contributed by atoms with E-state index in [1.165, 1.54) is 15.9 Å². The fourth-order valence-corrected chi connectivity index (χ4v) is 2.94. The number of carbonyl (C=O) groups excluding carboxylic acids is 2. The van der Waals surface area contributed by atoms with Crippen molar-refractivity contribution in [3.05, 3.63) is 57.2 Å². The summed E-state index contributed by atoms with van der Waals surface area (Å²) in [5.41, 5.74) is 1.09. The normalized spacial score (nSPS) is 10.7. The molecule has 1 aromatic carbocycles. The molecule has 0 aliphatic rings. The summed E-state index contributed by atoms with van der Waals surface area (Å²) in [6.07, 6.45) is -0.0262. The average molecular weight is 360 g/mol. The monoisotopic (exact) mass is 360 g/mol. The number of hydrogen-bond donors (Lipinski definition) is 1. The van der Waals surface area contributed by atoms with Gasteiger partial charge in [-0.3, -0.25) is 14.2 Å². The van der Waals surface area contributed by atoms with Gasteiger partial charge in [-0.15, -0.1) is 11.3 Å². The molecule has 1 N–H and O–H groups in total. The van der Waals surface area contributed by atoms with Crippen LogP contribution in [0.2, 0.25) is 0 Å². The highest BCUT2D eigenvalue weighted by atomic mass is 32.1. The zero-order chi connectivity index (χ0) is 17.6. The minimum atomic E-state index is -0.552. The first kappa shape index (κ1) is 17.0. The molecule has 0 saturated carbocycles. The average Bonchev–Trinajstić information content (AvgIpc) is 3.23. The van der Waals surface area contributed by atoms with Crippen LogP contribution in [0.5, 0.6) is 0 Å². The number of thiophene rings is 1. The van der Waals surface area contributed by atoms with Crippen LogP contribution in [0.15, 0.2) is 51.0 Å². The Bertz CT molecular complexity index is 926. The molecule has 0 bridgehead atoms. The third-order valence-electron chi connectivity index (χ3n) is 3.52. The van der Waals surface area contributed by atoms with Gasteiger partial charge in [0.15, 0.2) is 12.2 Å². The summed E-state index contributed by atoms with van der Waals surface area (Å²) in [7, 11) is 0. The lowest BCUT2D eigenvalue weighted by molar-refractivity contribution is -0.148. The Kier molecular flexibility index (Phi) is 5.30. The SMILES string of the molecule is O=C(COC(=O)CCn1c(=O)oc2ccccc21)NCc1cccs1. The molecule has 2 heterocycles. The van der Waals surface area contributed by atoms with Gasteiger partial charge in [0, 0.05) is 11.4 Å². The van der Waals surface area contributed by atoms with E-state index in [1.807, 2.05) is 17.5 Å². The van der Waals surface area contributed by atoms with Gasteiger partial charge in [0.05, 0.1) is 18.5 Å². The maximum Gasteiger partial charge on any atom is 0.419 e. The minimum Gasteiger partial charge on any atom is -0.456 e. The summed E-state index contributed by atoms with van der Waals surface area (Å²) >= 11 is 1.53. The van der Waals surface area contributed by atoms with Crippen LogP contribution in [0.25, 0.3) is 11.1 Å². The molecular formula is C17H16N2O5S. The molecule has 3 aromatic rings. The van der Waals surface area contributed by atoms with Gasteiger partial charge in [-0.25, -0.2) is 4.79 Å². The number of oxazole rings is 1. The number of rotatable bonds is 7. The highest BCUT2D eigenvalue weighted by Gasteiger charge is 2.12. The van der Waals surface area contributed by atoms with Gasteiger partial charge in [-0.2, -0.15) is 0 Å². The van der Waals surface area contributed by atoms with Crippen molar-refractivity contribution in [1.82, 2.24) is 9.88 Å². The van der Waals surface area contributed by atoms with Crippen LogP contribution in [0.1, 0.15) is 11.3 Å². The van der Waals surface area contributed by atoms with E-state index >= 15 is 0 Å². The Hall–Kier alpha value is -2.87. The number of aromatic nitrogens is 1. The summed E-state index contributed by atoms with van der Waals surface area (Å²) in [5, 5.41) is 4.59. The number of fused-ring (bicyclic) bond motifs is 1. The molecular weight excluding hydrogens is 344 g/mol. The molecule has 0 aliphatic heterocycles. The second kappa shape index (κ2) is 7.80. The van der Waals surface area contributed by atoms with Crippen molar-refractivity contribution in [1.29, 1.82) is 0 Å². The lowest BCUT2D eigenvalue weighted by Crippen LogP contribution is -2.28. The molecule has 0 fully saturated rings. The number of esters is 1. The Balaban J connectivity index is 1.45. The maximum atomic E-state index is 11.8. The Morgan fingerprint density at radius 2 is 2.04 bits per heavy atom. The van der Waals surface area contributed by atoms with Gasteiger partial charge in [-0.05, 0) is 23.6 Å². The number of aryl methyl sites for hydroxylation is 1. The Morgan fingerprint density at radius 1 is 1.20 bits per heavy atom. The third-order valence-corrected chi connectivity index (χ3v) is 4.39. The lowest BCUT2D eigenvalue weighted by atomic mass is 10.3. The molecule has 8 heteroatoms. The van der Waals surface area contributed by atoms with E-state index in [0.29, 0.717) is 17.6 Å². The highest BCUT2D eigenvalue weighted by Crippen LogP contribution is 2.12. The van der Waals surface area contributed by atoms with Gasteiger partial charge in [0.25, 0.3) is 5.91 Å². The summed E-state index contributed by atoms with van der Waals surface area (Å²) in [4.78, 5) is 36.2. The number of carbonyl (C=O) groups is 2. The van der Waals surface area contributed by atoms with E-state index in [9.17, 15) is 14.4 Å². The van der Waals surface area contributed by atoms with E-state index in [2.05, 4.69) is 5.32 Å². The van der Waals surface area contributed by atoms with Crippen molar-refractivity contribution >= 4 is 34.3 Å². The number of hydrogen-bond acceptors (Lipinski definition) is 6. The number of nitrogens with zero attached hydrogens (tertiary/aromatic N) is 1. The summed E-state index contributed by atoms with van der Waals surface area (Å²) in [5.74, 6) is -1.45. The van der Waals surface area contributed by atoms with E-state index < -0.39 is 11.7 Å². The molecule has 0 aliphatic carbocycles. The van der Waals surface area contributed by atoms with E-state index in [-0.39, 0.29) is 25.5 Å². The number of para-hydroxylation sites is 2. The van der Waals surface area contributed by atoms with Gasteiger partial charge in [0.1, 0.15) is 0 Å². The maximum absolute atomic E-state index is 11.8. The lowest BCUT2D eigenvalue weighted by Gasteiger charge is -2.06. The zero-order valence-corrected chi connectivity index (χ0v) is 14.1. The molecule has 1 amide bonds. The molecule has 0 radical (unpaired) electrons. The molecule has 3 rings (SSSR count). The highest BCUT2D eigenvalue weighted by molar-refractivity contribution is 7.09. The van der Waals surface area contributed by atoms with E-state index in [4.69, 9.17) is 9.15 Å². The summed E-state index contributed by atoms with van der Waals surface area (Å²) in [6.45, 7) is 0.196. The zero-order valence-electron chi connectivity index (χ0n) is 13.3. The molecule has 0 atom stereocenters. The van der Waals surface area contributed by atoms with Crippen molar-refractivity contribution in [3.63, 3.8) is 0 Å². The van der Waals surface area contributed by atoms with E-state index in [0.717, 1.165) is 4.88 Å².